The van der Waals surface area contributed by atoms with Crippen LogP contribution in [0.1, 0.15) is 57.8 Å². The van der Waals surface area contributed by atoms with Crippen LogP contribution in [0.2, 0.25) is 0 Å². The van der Waals surface area contributed by atoms with Crippen LogP contribution in [0.5, 0.6) is 0 Å². The molecule has 5 rings (SSSR count). The van der Waals surface area contributed by atoms with Gasteiger partial charge in [-0.25, -0.2) is 0 Å². The lowest BCUT2D eigenvalue weighted by Gasteiger charge is -2.21. The molecule has 0 fully saturated rings. The predicted molar refractivity (Wildman–Crippen MR) is 67.3 cm³/mol. The minimum atomic E-state index is 0.178. The van der Waals surface area contributed by atoms with E-state index in [1.807, 2.05) is 0 Å². The van der Waals surface area contributed by atoms with Gasteiger partial charge >= 0.3 is 0 Å². The van der Waals surface area contributed by atoms with Gasteiger partial charge in [0.1, 0.15) is 24.4 Å². The van der Waals surface area contributed by atoms with Crippen molar-refractivity contribution >= 4 is 0 Å². The van der Waals surface area contributed by atoms with E-state index in [-0.39, 0.29) is 24.4 Å². The van der Waals surface area contributed by atoms with E-state index in [1.54, 1.807) is 0 Å². The molecule has 1 aromatic rings. The van der Waals surface area contributed by atoms with Gasteiger partial charge in [0.15, 0.2) is 0 Å². The Balaban J connectivity index is 1.90. The zero-order valence-corrected chi connectivity index (χ0v) is 10.4. The van der Waals surface area contributed by atoms with Crippen LogP contribution in [-0.4, -0.2) is 0 Å². The van der Waals surface area contributed by atoms with Gasteiger partial charge in [-0.15, -0.1) is 0 Å². The van der Waals surface area contributed by atoms with Gasteiger partial charge in [0.25, 0.3) is 0 Å². The summed E-state index contributed by atoms with van der Waals surface area (Å²) in [6.07, 6.45) is 9.47. The zero-order valence-electron chi connectivity index (χ0n) is 10.4. The summed E-state index contributed by atoms with van der Waals surface area (Å²) in [5.74, 6) is 0. The van der Waals surface area contributed by atoms with Gasteiger partial charge in [-0.2, -0.15) is 0 Å². The number of rotatable bonds is 0. The summed E-state index contributed by atoms with van der Waals surface area (Å²) >= 11 is 0. The molecule has 90 valence electrons. The van der Waals surface area contributed by atoms with Crippen molar-refractivity contribution in [1.82, 2.24) is 0 Å². The van der Waals surface area contributed by atoms with Crippen LogP contribution in [0.25, 0.3) is 0 Å². The Labute approximate surface area is 106 Å². The standard InChI is InChI=1S/C16H14O2/c1-7-13-9-3-5-11(17-9)15(13)8(2)16-12-6-4-10(18-12)14(7)16/h3-6,9-12H,1-2H3/t9-,10?,11+,12?. The highest BCUT2D eigenvalue weighted by atomic mass is 16.5. The van der Waals surface area contributed by atoms with Crippen LogP contribution >= 0.6 is 0 Å². The van der Waals surface area contributed by atoms with Crippen LogP contribution in [0.4, 0.5) is 0 Å². The molecule has 2 unspecified atom stereocenters. The van der Waals surface area contributed by atoms with E-state index in [9.17, 15) is 0 Å². The highest BCUT2D eigenvalue weighted by Gasteiger charge is 2.44. The summed E-state index contributed by atoms with van der Waals surface area (Å²) in [4.78, 5) is 0. The van der Waals surface area contributed by atoms with Crippen molar-refractivity contribution in [3.8, 4) is 0 Å². The van der Waals surface area contributed by atoms with Crippen LogP contribution < -0.4 is 0 Å². The molecule has 2 nitrogen and oxygen atoms in total. The second kappa shape index (κ2) is 2.79. The van der Waals surface area contributed by atoms with Crippen molar-refractivity contribution in [1.29, 1.82) is 0 Å². The second-order valence-electron chi connectivity index (χ2n) is 5.63. The fourth-order valence-electron chi connectivity index (χ4n) is 4.12. The maximum Gasteiger partial charge on any atom is 0.103 e. The lowest BCUT2D eigenvalue weighted by molar-refractivity contribution is 0.0832. The number of ether oxygens (including phenoxy) is 2. The van der Waals surface area contributed by atoms with Crippen molar-refractivity contribution in [3.05, 3.63) is 57.7 Å². The third kappa shape index (κ3) is 0.846. The van der Waals surface area contributed by atoms with Gasteiger partial charge in [-0.3, -0.25) is 0 Å². The Bertz CT molecular complexity index is 548. The highest BCUT2D eigenvalue weighted by molar-refractivity contribution is 5.62. The molecule has 4 aliphatic rings. The third-order valence-electron chi connectivity index (χ3n) is 4.84. The lowest BCUT2D eigenvalue weighted by Crippen LogP contribution is -2.08. The molecule has 0 radical (unpaired) electrons. The summed E-state index contributed by atoms with van der Waals surface area (Å²) in [6, 6.07) is 0. The first-order valence-corrected chi connectivity index (χ1v) is 6.60. The smallest absolute Gasteiger partial charge is 0.103 e. The Morgan fingerprint density at radius 3 is 1.17 bits per heavy atom. The van der Waals surface area contributed by atoms with Gasteiger partial charge in [0, 0.05) is 0 Å². The third-order valence-corrected chi connectivity index (χ3v) is 4.84. The molecule has 0 spiro atoms. The molecular weight excluding hydrogens is 224 g/mol. The molecule has 4 bridgehead atoms. The number of benzene rings is 1. The van der Waals surface area contributed by atoms with Crippen LogP contribution in [0.3, 0.4) is 0 Å². The van der Waals surface area contributed by atoms with Crippen LogP contribution in [0.15, 0.2) is 24.3 Å². The van der Waals surface area contributed by atoms with E-state index in [0.29, 0.717) is 0 Å². The fourth-order valence-corrected chi connectivity index (χ4v) is 4.12. The summed E-state index contributed by atoms with van der Waals surface area (Å²) in [6.45, 7) is 4.46. The van der Waals surface area contributed by atoms with Crippen molar-refractivity contribution < 1.29 is 9.47 Å². The summed E-state index contributed by atoms with van der Waals surface area (Å²) < 4.78 is 12.0. The van der Waals surface area contributed by atoms with Gasteiger partial charge in [-0.05, 0) is 47.2 Å². The van der Waals surface area contributed by atoms with E-state index in [0.717, 1.165) is 0 Å². The molecule has 4 aliphatic heterocycles. The van der Waals surface area contributed by atoms with Crippen molar-refractivity contribution in [3.63, 3.8) is 0 Å². The van der Waals surface area contributed by atoms with Crippen molar-refractivity contribution in [2.24, 2.45) is 0 Å². The van der Waals surface area contributed by atoms with Gasteiger partial charge in [-0.1, -0.05) is 24.3 Å². The SMILES string of the molecule is Cc1c2c(c(C)c3c1[C@@H]1C=C[C@H]3O1)C1C=CC2O1. The maximum atomic E-state index is 6.00. The molecule has 0 saturated carbocycles. The lowest BCUT2D eigenvalue weighted by atomic mass is 9.80. The van der Waals surface area contributed by atoms with Crippen LogP contribution in [-0.2, 0) is 9.47 Å². The number of fused-ring (bicyclic) bond motifs is 10. The normalized spacial score (nSPS) is 36.6. The topological polar surface area (TPSA) is 18.5 Å². The monoisotopic (exact) mass is 238 g/mol. The minimum absolute atomic E-state index is 0.178. The molecule has 4 heterocycles. The maximum absolute atomic E-state index is 6.00. The first-order valence-electron chi connectivity index (χ1n) is 6.60. The predicted octanol–water partition coefficient (Wildman–Crippen LogP) is 3.67. The minimum Gasteiger partial charge on any atom is -0.357 e. The number of hydrogen-bond donors (Lipinski definition) is 0. The molecule has 2 heteroatoms. The van der Waals surface area contributed by atoms with Crippen molar-refractivity contribution in [2.75, 3.05) is 0 Å². The average molecular weight is 238 g/mol. The average Bonchev–Trinajstić information content (AvgIpc) is 3.10. The summed E-state index contributed by atoms with van der Waals surface area (Å²) in [7, 11) is 0. The Kier molecular flexibility index (Phi) is 1.48. The second-order valence-corrected chi connectivity index (χ2v) is 5.63. The molecule has 4 atom stereocenters. The molecular formula is C16H14O2. The summed E-state index contributed by atoms with van der Waals surface area (Å²) in [5, 5.41) is 0. The van der Waals surface area contributed by atoms with Gasteiger partial charge in [0.05, 0.1) is 0 Å². The molecule has 0 saturated heterocycles. The van der Waals surface area contributed by atoms with Gasteiger partial charge < -0.3 is 9.47 Å². The summed E-state index contributed by atoms with van der Waals surface area (Å²) in [5.41, 5.74) is 8.40. The molecule has 1 aromatic carbocycles. The first kappa shape index (κ1) is 9.54. The molecule has 0 amide bonds. The number of hydrogen-bond acceptors (Lipinski definition) is 2. The Hall–Kier alpha value is -1.38. The van der Waals surface area contributed by atoms with E-state index in [2.05, 4.69) is 38.2 Å². The Morgan fingerprint density at radius 2 is 0.889 bits per heavy atom. The van der Waals surface area contributed by atoms with E-state index in [4.69, 9.17) is 9.47 Å². The van der Waals surface area contributed by atoms with Crippen molar-refractivity contribution in [2.45, 2.75) is 38.3 Å². The fraction of sp³-hybridized carbons (Fsp3) is 0.375. The van der Waals surface area contributed by atoms with E-state index >= 15 is 0 Å². The molecule has 0 N–H and O–H groups in total. The first-order chi connectivity index (χ1) is 8.75. The Morgan fingerprint density at radius 1 is 0.611 bits per heavy atom. The molecule has 0 aromatic heterocycles. The quantitative estimate of drug-likeness (QED) is 0.642. The van der Waals surface area contributed by atoms with Gasteiger partial charge in [0.2, 0.25) is 0 Å². The zero-order chi connectivity index (χ0) is 12.0. The molecule has 0 aliphatic carbocycles. The largest absolute Gasteiger partial charge is 0.357 e. The molecule has 18 heavy (non-hydrogen) atoms. The highest BCUT2D eigenvalue weighted by Crippen LogP contribution is 2.56. The van der Waals surface area contributed by atoms with E-state index in [1.165, 1.54) is 33.4 Å². The van der Waals surface area contributed by atoms with Crippen LogP contribution in [0, 0.1) is 13.8 Å². The van der Waals surface area contributed by atoms with E-state index < -0.39 is 0 Å².